The minimum Gasteiger partial charge on any atom is -0.271 e. The van der Waals surface area contributed by atoms with Gasteiger partial charge in [0.05, 0.1) is 11.4 Å². The van der Waals surface area contributed by atoms with E-state index in [0.717, 1.165) is 12.8 Å². The van der Waals surface area contributed by atoms with Gasteiger partial charge in [-0.25, -0.2) is 13.1 Å². The van der Waals surface area contributed by atoms with Crippen LogP contribution >= 0.6 is 11.6 Å². The molecule has 0 aliphatic carbocycles. The van der Waals surface area contributed by atoms with E-state index in [1.807, 2.05) is 6.92 Å². The molecular weight excluding hydrogens is 274 g/mol. The van der Waals surface area contributed by atoms with Crippen LogP contribution in [0.25, 0.3) is 0 Å². The molecule has 5 nitrogen and oxygen atoms in total. The summed E-state index contributed by atoms with van der Waals surface area (Å²) in [5.41, 5.74) is 1.16. The first-order valence-electron chi connectivity index (χ1n) is 5.88. The number of alkyl halides is 1. The lowest BCUT2D eigenvalue weighted by Gasteiger charge is -2.13. The van der Waals surface area contributed by atoms with E-state index >= 15 is 0 Å². The molecule has 1 N–H and O–H groups in total. The first-order chi connectivity index (χ1) is 8.29. The molecule has 0 aromatic carbocycles. The largest absolute Gasteiger partial charge is 0.271 e. The fraction of sp³-hybridized carbons (Fsp3) is 0.727. The number of hydrogen-bond donors (Lipinski definition) is 1. The van der Waals surface area contributed by atoms with E-state index in [-0.39, 0.29) is 10.9 Å². The summed E-state index contributed by atoms with van der Waals surface area (Å²) in [5.74, 6) is 0.539. The third kappa shape index (κ3) is 3.46. The maximum atomic E-state index is 12.3. The fourth-order valence-electron chi connectivity index (χ4n) is 1.91. The molecule has 1 atom stereocenters. The van der Waals surface area contributed by atoms with Crippen LogP contribution in [0, 0.1) is 13.8 Å². The third-order valence-corrected chi connectivity index (χ3v) is 4.95. The molecule has 0 bridgehead atoms. The number of nitrogens with zero attached hydrogens (tertiary/aromatic N) is 2. The van der Waals surface area contributed by atoms with Crippen molar-refractivity contribution in [3.63, 3.8) is 0 Å². The zero-order chi connectivity index (χ0) is 13.9. The SMILES string of the molecule is Cc1nn(C)c(C)c1S(=O)(=O)NC(C)CCCCl. The summed E-state index contributed by atoms with van der Waals surface area (Å²) < 4.78 is 28.8. The lowest BCUT2D eigenvalue weighted by atomic mass is 10.2. The number of aryl methyl sites for hydroxylation is 2. The van der Waals surface area contributed by atoms with Gasteiger partial charge in [-0.05, 0) is 33.6 Å². The van der Waals surface area contributed by atoms with E-state index in [0.29, 0.717) is 17.3 Å². The number of sulfonamides is 1. The molecule has 18 heavy (non-hydrogen) atoms. The molecule has 0 saturated carbocycles. The van der Waals surface area contributed by atoms with Crippen molar-refractivity contribution in [2.24, 2.45) is 7.05 Å². The first-order valence-corrected chi connectivity index (χ1v) is 7.90. The molecule has 0 spiro atoms. The minimum absolute atomic E-state index is 0.132. The fourth-order valence-corrected chi connectivity index (χ4v) is 3.78. The van der Waals surface area contributed by atoms with Crippen LogP contribution in [-0.4, -0.2) is 30.1 Å². The Labute approximate surface area is 114 Å². The maximum Gasteiger partial charge on any atom is 0.244 e. The van der Waals surface area contributed by atoms with E-state index < -0.39 is 10.0 Å². The van der Waals surface area contributed by atoms with Gasteiger partial charge < -0.3 is 0 Å². The Morgan fingerprint density at radius 3 is 2.50 bits per heavy atom. The molecule has 0 saturated heterocycles. The molecular formula is C11H20ClN3O2S. The van der Waals surface area contributed by atoms with Gasteiger partial charge >= 0.3 is 0 Å². The lowest BCUT2D eigenvalue weighted by Crippen LogP contribution is -2.33. The Bertz CT molecular complexity index is 511. The average molecular weight is 294 g/mol. The lowest BCUT2D eigenvalue weighted by molar-refractivity contribution is 0.543. The molecule has 0 aliphatic rings. The van der Waals surface area contributed by atoms with E-state index in [2.05, 4.69) is 9.82 Å². The summed E-state index contributed by atoms with van der Waals surface area (Å²) in [4.78, 5) is 0.280. The van der Waals surface area contributed by atoms with E-state index in [4.69, 9.17) is 11.6 Å². The summed E-state index contributed by atoms with van der Waals surface area (Å²) in [5, 5.41) is 4.12. The summed E-state index contributed by atoms with van der Waals surface area (Å²) in [6, 6.07) is -0.132. The van der Waals surface area contributed by atoms with Gasteiger partial charge in [0.25, 0.3) is 0 Å². The highest BCUT2D eigenvalue weighted by Gasteiger charge is 2.25. The number of hydrogen-bond acceptors (Lipinski definition) is 3. The van der Waals surface area contributed by atoms with Gasteiger partial charge in [0.1, 0.15) is 4.90 Å². The van der Waals surface area contributed by atoms with Gasteiger partial charge in [0, 0.05) is 19.0 Å². The van der Waals surface area contributed by atoms with Crippen LogP contribution in [0.3, 0.4) is 0 Å². The average Bonchev–Trinajstić information content (AvgIpc) is 2.49. The van der Waals surface area contributed by atoms with E-state index in [9.17, 15) is 8.42 Å². The van der Waals surface area contributed by atoms with E-state index in [1.165, 1.54) is 0 Å². The number of halogens is 1. The van der Waals surface area contributed by atoms with Gasteiger partial charge in [-0.3, -0.25) is 4.68 Å². The van der Waals surface area contributed by atoms with Gasteiger partial charge in [-0.2, -0.15) is 5.10 Å². The quantitative estimate of drug-likeness (QED) is 0.812. The molecule has 1 aromatic rings. The second kappa shape index (κ2) is 6.04. The van der Waals surface area contributed by atoms with Crippen molar-refractivity contribution in [3.8, 4) is 0 Å². The second-order valence-electron chi connectivity index (χ2n) is 4.48. The highest BCUT2D eigenvalue weighted by Crippen LogP contribution is 2.19. The monoisotopic (exact) mass is 293 g/mol. The molecule has 104 valence electrons. The van der Waals surface area contributed by atoms with Crippen LogP contribution < -0.4 is 4.72 Å². The van der Waals surface area contributed by atoms with Gasteiger partial charge in [-0.1, -0.05) is 0 Å². The molecule has 1 rings (SSSR count). The zero-order valence-corrected chi connectivity index (χ0v) is 12.8. The van der Waals surface area contributed by atoms with Gasteiger partial charge in [0.2, 0.25) is 10.0 Å². The van der Waals surface area contributed by atoms with Crippen molar-refractivity contribution in [1.82, 2.24) is 14.5 Å². The first kappa shape index (κ1) is 15.5. The molecule has 1 heterocycles. The van der Waals surface area contributed by atoms with Crippen LogP contribution in [0.15, 0.2) is 4.90 Å². The Balaban J connectivity index is 2.93. The molecule has 0 radical (unpaired) electrons. The number of nitrogens with one attached hydrogen (secondary N) is 1. The summed E-state index contributed by atoms with van der Waals surface area (Å²) >= 11 is 5.60. The highest BCUT2D eigenvalue weighted by atomic mass is 35.5. The molecule has 0 aliphatic heterocycles. The molecule has 7 heteroatoms. The zero-order valence-electron chi connectivity index (χ0n) is 11.2. The summed E-state index contributed by atoms with van der Waals surface area (Å²) in [6.45, 7) is 5.29. The molecule has 0 fully saturated rings. The van der Waals surface area contributed by atoms with Crippen LogP contribution in [0.5, 0.6) is 0 Å². The third-order valence-electron chi connectivity index (χ3n) is 2.84. The van der Waals surface area contributed by atoms with Crippen LogP contribution in [-0.2, 0) is 17.1 Å². The highest BCUT2D eigenvalue weighted by molar-refractivity contribution is 7.89. The normalized spacial score (nSPS) is 13.8. The van der Waals surface area contributed by atoms with Crippen molar-refractivity contribution in [2.45, 2.75) is 44.6 Å². The Morgan fingerprint density at radius 1 is 1.44 bits per heavy atom. The number of rotatable bonds is 6. The van der Waals surface area contributed by atoms with Crippen molar-refractivity contribution in [2.75, 3.05) is 5.88 Å². The van der Waals surface area contributed by atoms with Crippen LogP contribution in [0.2, 0.25) is 0 Å². The van der Waals surface area contributed by atoms with Gasteiger partial charge in [-0.15, -0.1) is 11.6 Å². The van der Waals surface area contributed by atoms with E-state index in [1.54, 1.807) is 25.6 Å². The number of aromatic nitrogens is 2. The van der Waals surface area contributed by atoms with Crippen molar-refractivity contribution >= 4 is 21.6 Å². The smallest absolute Gasteiger partial charge is 0.244 e. The standard InChI is InChI=1S/C11H20ClN3O2S/c1-8(6-5-7-12)14-18(16,17)11-9(2)13-15(4)10(11)3/h8,14H,5-7H2,1-4H3. The predicted octanol–water partition coefficient (Wildman–Crippen LogP) is 1.72. The van der Waals surface area contributed by atoms with Crippen LogP contribution in [0.4, 0.5) is 0 Å². The van der Waals surface area contributed by atoms with Crippen LogP contribution in [0.1, 0.15) is 31.2 Å². The maximum absolute atomic E-state index is 12.3. The Kier molecular flexibility index (Phi) is 5.19. The summed E-state index contributed by atoms with van der Waals surface area (Å²) in [6.07, 6.45) is 1.51. The van der Waals surface area contributed by atoms with Crippen molar-refractivity contribution < 1.29 is 8.42 Å². The molecule has 1 unspecified atom stereocenters. The Hall–Kier alpha value is -0.590. The molecule has 1 aromatic heterocycles. The predicted molar refractivity (Wildman–Crippen MR) is 72.4 cm³/mol. The summed E-state index contributed by atoms with van der Waals surface area (Å²) in [7, 11) is -1.77. The van der Waals surface area contributed by atoms with Crippen molar-refractivity contribution in [1.29, 1.82) is 0 Å². The van der Waals surface area contributed by atoms with Crippen molar-refractivity contribution in [3.05, 3.63) is 11.4 Å². The minimum atomic E-state index is -3.51. The topological polar surface area (TPSA) is 64.0 Å². The Morgan fingerprint density at radius 2 is 2.06 bits per heavy atom. The van der Waals surface area contributed by atoms with Gasteiger partial charge in [0.15, 0.2) is 0 Å². The molecule has 0 amide bonds. The second-order valence-corrected chi connectivity index (χ2v) is 6.51.